The first-order chi connectivity index (χ1) is 10.2. The molecule has 0 bridgehead atoms. The second-order valence-corrected chi connectivity index (χ2v) is 4.28. The summed E-state index contributed by atoms with van der Waals surface area (Å²) in [5.74, 6) is -0.461. The van der Waals surface area contributed by atoms with Gasteiger partial charge >= 0.3 is 5.97 Å². The fourth-order valence-corrected chi connectivity index (χ4v) is 1.82. The van der Waals surface area contributed by atoms with Crippen LogP contribution in [0.25, 0.3) is 0 Å². The lowest BCUT2D eigenvalue weighted by atomic mass is 10.2. The topological polar surface area (TPSA) is 58.6 Å². The molecule has 0 fully saturated rings. The summed E-state index contributed by atoms with van der Waals surface area (Å²) in [6.45, 7) is 9.61. The number of benzene rings is 1. The molecule has 21 heavy (non-hydrogen) atoms. The third-order valence-corrected chi connectivity index (χ3v) is 2.78. The van der Waals surface area contributed by atoms with Crippen LogP contribution < -0.4 is 5.32 Å². The summed E-state index contributed by atoms with van der Waals surface area (Å²) < 4.78 is 5.23. The van der Waals surface area contributed by atoms with Crippen LogP contribution in [0.15, 0.2) is 49.6 Å². The van der Waals surface area contributed by atoms with E-state index in [1.165, 1.54) is 0 Å². The highest BCUT2D eigenvalue weighted by Crippen LogP contribution is 2.15. The Labute approximate surface area is 124 Å². The molecule has 0 atom stereocenters. The number of carbonyl (C=O) groups is 2. The van der Waals surface area contributed by atoms with Crippen LogP contribution in [0, 0.1) is 0 Å². The predicted molar refractivity (Wildman–Crippen MR) is 83.2 cm³/mol. The SMILES string of the molecule is C=CCN(CC=C)CCOC(=O)c1ccccc1NC=O. The minimum absolute atomic E-state index is 0.260. The number of nitrogens with one attached hydrogen (secondary N) is 1. The van der Waals surface area contributed by atoms with Gasteiger partial charge < -0.3 is 10.1 Å². The van der Waals surface area contributed by atoms with E-state index in [0.29, 0.717) is 37.3 Å². The van der Waals surface area contributed by atoms with E-state index in [2.05, 4.69) is 18.5 Å². The number of anilines is 1. The fourth-order valence-electron chi connectivity index (χ4n) is 1.82. The van der Waals surface area contributed by atoms with E-state index in [1.54, 1.807) is 36.4 Å². The van der Waals surface area contributed by atoms with E-state index in [4.69, 9.17) is 4.74 Å². The normalized spacial score (nSPS) is 9.95. The monoisotopic (exact) mass is 288 g/mol. The van der Waals surface area contributed by atoms with Gasteiger partial charge in [0.2, 0.25) is 6.41 Å². The Morgan fingerprint density at radius 1 is 1.24 bits per heavy atom. The molecule has 1 aromatic carbocycles. The first-order valence-corrected chi connectivity index (χ1v) is 6.63. The van der Waals surface area contributed by atoms with E-state index >= 15 is 0 Å². The molecule has 1 amide bonds. The molecule has 0 saturated carbocycles. The van der Waals surface area contributed by atoms with Crippen molar-refractivity contribution in [1.82, 2.24) is 4.90 Å². The maximum atomic E-state index is 12.0. The number of para-hydroxylation sites is 1. The first-order valence-electron chi connectivity index (χ1n) is 6.63. The molecule has 112 valence electrons. The molecule has 0 aromatic heterocycles. The molecule has 0 aliphatic heterocycles. The van der Waals surface area contributed by atoms with Crippen LogP contribution in [0.2, 0.25) is 0 Å². The van der Waals surface area contributed by atoms with Crippen LogP contribution in [0.1, 0.15) is 10.4 Å². The van der Waals surface area contributed by atoms with Gasteiger partial charge in [-0.1, -0.05) is 24.3 Å². The van der Waals surface area contributed by atoms with E-state index in [1.807, 2.05) is 4.90 Å². The van der Waals surface area contributed by atoms with Crippen molar-refractivity contribution < 1.29 is 14.3 Å². The lowest BCUT2D eigenvalue weighted by molar-refractivity contribution is -0.105. The molecule has 5 nitrogen and oxygen atoms in total. The lowest BCUT2D eigenvalue weighted by Crippen LogP contribution is -2.28. The van der Waals surface area contributed by atoms with Gasteiger partial charge in [0, 0.05) is 19.6 Å². The molecule has 1 aromatic rings. The summed E-state index contributed by atoms with van der Waals surface area (Å²) in [4.78, 5) is 24.6. The summed E-state index contributed by atoms with van der Waals surface area (Å²) in [6, 6.07) is 6.71. The first kappa shape index (κ1) is 16.7. The van der Waals surface area contributed by atoms with Gasteiger partial charge in [-0.05, 0) is 12.1 Å². The van der Waals surface area contributed by atoms with Crippen molar-refractivity contribution >= 4 is 18.1 Å². The van der Waals surface area contributed by atoms with Gasteiger partial charge in [-0.15, -0.1) is 13.2 Å². The van der Waals surface area contributed by atoms with Crippen LogP contribution >= 0.6 is 0 Å². The van der Waals surface area contributed by atoms with E-state index < -0.39 is 5.97 Å². The van der Waals surface area contributed by atoms with Crippen LogP contribution in [-0.4, -0.2) is 43.5 Å². The molecule has 0 aliphatic rings. The number of rotatable bonds is 10. The highest BCUT2D eigenvalue weighted by atomic mass is 16.5. The minimum Gasteiger partial charge on any atom is -0.461 e. The van der Waals surface area contributed by atoms with E-state index in [9.17, 15) is 9.59 Å². The fraction of sp³-hybridized carbons (Fsp3) is 0.250. The molecule has 0 heterocycles. The second-order valence-electron chi connectivity index (χ2n) is 4.28. The number of hydrogen-bond donors (Lipinski definition) is 1. The van der Waals surface area contributed by atoms with Crippen molar-refractivity contribution in [1.29, 1.82) is 0 Å². The molecule has 0 radical (unpaired) electrons. The number of nitrogens with zero attached hydrogens (tertiary/aromatic N) is 1. The van der Waals surface area contributed by atoms with Gasteiger partial charge in [0.05, 0.1) is 11.3 Å². The zero-order chi connectivity index (χ0) is 15.5. The maximum Gasteiger partial charge on any atom is 0.340 e. The lowest BCUT2D eigenvalue weighted by Gasteiger charge is -2.18. The summed E-state index contributed by atoms with van der Waals surface area (Å²) in [5.41, 5.74) is 0.773. The Morgan fingerprint density at radius 3 is 2.52 bits per heavy atom. The largest absolute Gasteiger partial charge is 0.461 e. The number of amides is 1. The molecule has 1 rings (SSSR count). The molecule has 0 spiro atoms. The standard InChI is InChI=1S/C16H20N2O3/c1-3-9-18(10-4-2)11-12-21-16(20)14-7-5-6-8-15(14)17-13-19/h3-8,13H,1-2,9-12H2,(H,17,19). The molecular formula is C16H20N2O3. The van der Waals surface area contributed by atoms with Crippen LogP contribution in [0.5, 0.6) is 0 Å². The Kier molecular flexibility index (Phi) is 7.53. The highest BCUT2D eigenvalue weighted by molar-refractivity contribution is 5.97. The van der Waals surface area contributed by atoms with Gasteiger partial charge in [0.15, 0.2) is 0 Å². The number of ether oxygens (including phenoxy) is 1. The molecule has 0 aliphatic carbocycles. The van der Waals surface area contributed by atoms with Gasteiger partial charge in [0.1, 0.15) is 6.61 Å². The summed E-state index contributed by atoms with van der Waals surface area (Å²) in [5, 5.41) is 2.48. The van der Waals surface area contributed by atoms with Gasteiger partial charge in [0.25, 0.3) is 0 Å². The zero-order valence-electron chi connectivity index (χ0n) is 12.0. The third kappa shape index (κ3) is 5.62. The van der Waals surface area contributed by atoms with E-state index in [-0.39, 0.29) is 6.61 Å². The van der Waals surface area contributed by atoms with Crippen molar-refractivity contribution in [3.63, 3.8) is 0 Å². The third-order valence-electron chi connectivity index (χ3n) is 2.78. The van der Waals surface area contributed by atoms with Gasteiger partial charge in [-0.3, -0.25) is 9.69 Å². The molecule has 0 unspecified atom stereocenters. The quantitative estimate of drug-likeness (QED) is 0.407. The van der Waals surface area contributed by atoms with Crippen LogP contribution in [0.4, 0.5) is 5.69 Å². The molecule has 5 heteroatoms. The van der Waals surface area contributed by atoms with Crippen molar-refractivity contribution in [2.75, 3.05) is 31.6 Å². The Balaban J connectivity index is 2.55. The van der Waals surface area contributed by atoms with Gasteiger partial charge in [-0.2, -0.15) is 0 Å². The summed E-state index contributed by atoms with van der Waals surface area (Å²) in [6.07, 6.45) is 4.10. The smallest absolute Gasteiger partial charge is 0.340 e. The second kappa shape index (κ2) is 9.50. The highest BCUT2D eigenvalue weighted by Gasteiger charge is 2.12. The van der Waals surface area contributed by atoms with Crippen molar-refractivity contribution in [2.45, 2.75) is 0 Å². The molecular weight excluding hydrogens is 268 g/mol. The Morgan fingerprint density at radius 2 is 1.90 bits per heavy atom. The summed E-state index contributed by atoms with van der Waals surface area (Å²) in [7, 11) is 0. The van der Waals surface area contributed by atoms with Gasteiger partial charge in [-0.25, -0.2) is 4.79 Å². The van der Waals surface area contributed by atoms with Crippen molar-refractivity contribution in [3.8, 4) is 0 Å². The van der Waals surface area contributed by atoms with E-state index in [0.717, 1.165) is 0 Å². The zero-order valence-corrected chi connectivity index (χ0v) is 12.0. The number of esters is 1. The maximum absolute atomic E-state index is 12.0. The Bertz CT molecular complexity index is 490. The average molecular weight is 288 g/mol. The van der Waals surface area contributed by atoms with Crippen LogP contribution in [0.3, 0.4) is 0 Å². The van der Waals surface area contributed by atoms with Crippen molar-refractivity contribution in [3.05, 3.63) is 55.1 Å². The molecule has 1 N–H and O–H groups in total. The minimum atomic E-state index is -0.461. The number of hydrogen-bond acceptors (Lipinski definition) is 4. The summed E-state index contributed by atoms with van der Waals surface area (Å²) >= 11 is 0. The van der Waals surface area contributed by atoms with Crippen LogP contribution in [-0.2, 0) is 9.53 Å². The average Bonchev–Trinajstić information content (AvgIpc) is 2.48. The molecule has 0 saturated heterocycles. The number of carbonyl (C=O) groups excluding carboxylic acids is 2. The van der Waals surface area contributed by atoms with Crippen molar-refractivity contribution in [2.24, 2.45) is 0 Å². The Hall–Kier alpha value is -2.40. The predicted octanol–water partition coefficient (Wildman–Crippen LogP) is 2.09.